The highest BCUT2D eigenvalue weighted by molar-refractivity contribution is 5.79. The molecule has 0 radical (unpaired) electrons. The van der Waals surface area contributed by atoms with Crippen LogP contribution in [0.5, 0.6) is 0 Å². The van der Waals surface area contributed by atoms with Crippen LogP contribution in [0.1, 0.15) is 65.7 Å². The maximum atomic E-state index is 12.6. The molecule has 1 aliphatic carbocycles. The van der Waals surface area contributed by atoms with Crippen LogP contribution in [0, 0.1) is 5.92 Å². The summed E-state index contributed by atoms with van der Waals surface area (Å²) in [5.41, 5.74) is 0.0554. The van der Waals surface area contributed by atoms with Crippen molar-refractivity contribution in [1.29, 1.82) is 0 Å². The van der Waals surface area contributed by atoms with Crippen molar-refractivity contribution in [1.82, 2.24) is 15.1 Å². The van der Waals surface area contributed by atoms with Gasteiger partial charge in [-0.3, -0.25) is 4.79 Å². The van der Waals surface area contributed by atoms with E-state index in [1.165, 1.54) is 13.5 Å². The van der Waals surface area contributed by atoms with Crippen LogP contribution in [0.3, 0.4) is 0 Å². The molecule has 26 heavy (non-hydrogen) atoms. The number of rotatable bonds is 3. The second kappa shape index (κ2) is 7.75. The Kier molecular flexibility index (Phi) is 5.80. The molecule has 0 bridgehead atoms. The average molecular weight is 366 g/mol. The van der Waals surface area contributed by atoms with E-state index < -0.39 is 0 Å². The molecule has 6 heteroatoms. The van der Waals surface area contributed by atoms with E-state index in [1.54, 1.807) is 0 Å². The fourth-order valence-electron chi connectivity index (χ4n) is 5.07. The number of hydrogen-bond donors (Lipinski definition) is 1. The van der Waals surface area contributed by atoms with Crippen molar-refractivity contribution in [2.24, 2.45) is 5.92 Å². The molecule has 2 amide bonds. The summed E-state index contributed by atoms with van der Waals surface area (Å²) in [6.07, 6.45) is 7.10. The summed E-state index contributed by atoms with van der Waals surface area (Å²) in [5.74, 6) is 0.419. The van der Waals surface area contributed by atoms with Crippen LogP contribution in [-0.4, -0.2) is 65.7 Å². The molecule has 148 valence electrons. The number of methoxy groups -OCH3 is 1. The molecule has 2 heterocycles. The Morgan fingerprint density at radius 1 is 1.08 bits per heavy atom. The Morgan fingerprint density at radius 2 is 1.65 bits per heavy atom. The van der Waals surface area contributed by atoms with Gasteiger partial charge in [-0.05, 0) is 78.8 Å². The van der Waals surface area contributed by atoms with Gasteiger partial charge in [0.25, 0.3) is 0 Å². The molecule has 2 unspecified atom stereocenters. The molecule has 1 saturated carbocycles. The van der Waals surface area contributed by atoms with Crippen molar-refractivity contribution < 1.29 is 14.3 Å². The summed E-state index contributed by atoms with van der Waals surface area (Å²) < 4.78 is 4.93. The molecule has 0 aromatic heterocycles. The number of amides is 2. The van der Waals surface area contributed by atoms with E-state index >= 15 is 0 Å². The summed E-state index contributed by atoms with van der Waals surface area (Å²) in [6, 6.07) is 0.876. The van der Waals surface area contributed by atoms with Crippen molar-refractivity contribution in [2.75, 3.05) is 20.2 Å². The lowest BCUT2D eigenvalue weighted by molar-refractivity contribution is -0.129. The molecule has 2 aliphatic heterocycles. The first-order valence-corrected chi connectivity index (χ1v) is 10.3. The number of carbonyl (C=O) groups is 2. The van der Waals surface area contributed by atoms with E-state index in [0.717, 1.165) is 51.6 Å². The zero-order chi connectivity index (χ0) is 18.9. The predicted octanol–water partition coefficient (Wildman–Crippen LogP) is 2.77. The molecule has 3 rings (SSSR count). The lowest BCUT2D eigenvalue weighted by atomic mass is 9.78. The van der Waals surface area contributed by atoms with Gasteiger partial charge in [-0.25, -0.2) is 4.79 Å². The topological polar surface area (TPSA) is 61.9 Å². The number of likely N-dealkylation sites (tertiary alicyclic amines) is 2. The highest BCUT2D eigenvalue weighted by atomic mass is 16.5. The molecule has 3 aliphatic rings. The van der Waals surface area contributed by atoms with Crippen molar-refractivity contribution in [3.05, 3.63) is 0 Å². The SMILES string of the molecule is COC(=O)N1C(C)CC(N2CCC(C(=O)NC3(C)CCC3)CC2)CC1C. The third kappa shape index (κ3) is 4.00. The van der Waals surface area contributed by atoms with Crippen molar-refractivity contribution in [2.45, 2.75) is 89.4 Å². The van der Waals surface area contributed by atoms with Crippen molar-refractivity contribution in [3.8, 4) is 0 Å². The summed E-state index contributed by atoms with van der Waals surface area (Å²) >= 11 is 0. The second-order valence-corrected chi connectivity index (χ2v) is 8.91. The van der Waals surface area contributed by atoms with E-state index in [9.17, 15) is 9.59 Å². The minimum atomic E-state index is -0.219. The van der Waals surface area contributed by atoms with Crippen LogP contribution in [0.15, 0.2) is 0 Å². The zero-order valence-corrected chi connectivity index (χ0v) is 16.8. The molecule has 0 spiro atoms. The molecule has 1 N–H and O–H groups in total. The Bertz CT molecular complexity index is 514. The first kappa shape index (κ1) is 19.5. The fourth-order valence-corrected chi connectivity index (χ4v) is 5.07. The van der Waals surface area contributed by atoms with E-state index in [4.69, 9.17) is 4.74 Å². The molecule has 2 atom stereocenters. The Hall–Kier alpha value is -1.30. The zero-order valence-electron chi connectivity index (χ0n) is 16.8. The van der Waals surface area contributed by atoms with Crippen molar-refractivity contribution in [3.63, 3.8) is 0 Å². The maximum absolute atomic E-state index is 12.6. The summed E-state index contributed by atoms with van der Waals surface area (Å²) in [6.45, 7) is 8.35. The second-order valence-electron chi connectivity index (χ2n) is 8.91. The molecular formula is C20H35N3O3. The average Bonchev–Trinajstić information content (AvgIpc) is 2.59. The Labute approximate surface area is 157 Å². The highest BCUT2D eigenvalue weighted by Crippen LogP contribution is 2.33. The third-order valence-corrected chi connectivity index (χ3v) is 6.86. The minimum Gasteiger partial charge on any atom is -0.453 e. The van der Waals surface area contributed by atoms with Crippen LogP contribution in [0.4, 0.5) is 4.79 Å². The van der Waals surface area contributed by atoms with Gasteiger partial charge in [-0.15, -0.1) is 0 Å². The number of hydrogen-bond acceptors (Lipinski definition) is 4. The van der Waals surface area contributed by atoms with Crippen LogP contribution in [0.2, 0.25) is 0 Å². The third-order valence-electron chi connectivity index (χ3n) is 6.86. The highest BCUT2D eigenvalue weighted by Gasteiger charge is 2.39. The van der Waals surface area contributed by atoms with Gasteiger partial charge in [-0.2, -0.15) is 0 Å². The van der Waals surface area contributed by atoms with Gasteiger partial charge in [0.2, 0.25) is 5.91 Å². The van der Waals surface area contributed by atoms with Crippen LogP contribution < -0.4 is 5.32 Å². The normalized spacial score (nSPS) is 32.6. The lowest BCUT2D eigenvalue weighted by Gasteiger charge is -2.47. The van der Waals surface area contributed by atoms with Gasteiger partial charge in [0, 0.05) is 29.6 Å². The van der Waals surface area contributed by atoms with Gasteiger partial charge in [0.15, 0.2) is 0 Å². The van der Waals surface area contributed by atoms with E-state index in [1.807, 2.05) is 4.90 Å². The van der Waals surface area contributed by atoms with Gasteiger partial charge >= 0.3 is 6.09 Å². The largest absolute Gasteiger partial charge is 0.453 e. The number of piperidine rings is 2. The van der Waals surface area contributed by atoms with Gasteiger partial charge in [0.1, 0.15) is 0 Å². The first-order valence-electron chi connectivity index (χ1n) is 10.3. The predicted molar refractivity (Wildman–Crippen MR) is 101 cm³/mol. The fraction of sp³-hybridized carbons (Fsp3) is 0.900. The van der Waals surface area contributed by atoms with Gasteiger partial charge < -0.3 is 19.9 Å². The summed E-state index contributed by atoms with van der Waals surface area (Å²) in [4.78, 5) is 28.9. The van der Waals surface area contributed by atoms with E-state index in [2.05, 4.69) is 31.0 Å². The summed E-state index contributed by atoms with van der Waals surface area (Å²) in [5, 5.41) is 3.28. The molecule has 6 nitrogen and oxygen atoms in total. The smallest absolute Gasteiger partial charge is 0.409 e. The van der Waals surface area contributed by atoms with Gasteiger partial charge in [0.05, 0.1) is 7.11 Å². The maximum Gasteiger partial charge on any atom is 0.409 e. The number of nitrogens with zero attached hydrogens (tertiary/aromatic N) is 2. The molecule has 3 fully saturated rings. The number of carbonyl (C=O) groups excluding carboxylic acids is 2. The standard InChI is InChI=1S/C20H35N3O3/c1-14-12-17(13-15(2)23(14)19(25)26-4)22-10-6-16(7-11-22)18(24)21-20(3)8-5-9-20/h14-17H,5-13H2,1-4H3,(H,21,24). The molecule has 0 aromatic carbocycles. The quantitative estimate of drug-likeness (QED) is 0.835. The Balaban J connectivity index is 1.49. The first-order chi connectivity index (χ1) is 12.3. The monoisotopic (exact) mass is 365 g/mol. The molecular weight excluding hydrogens is 330 g/mol. The van der Waals surface area contributed by atoms with E-state index in [-0.39, 0.29) is 35.5 Å². The van der Waals surface area contributed by atoms with Crippen LogP contribution >= 0.6 is 0 Å². The molecule has 0 aromatic rings. The van der Waals surface area contributed by atoms with Crippen LogP contribution in [-0.2, 0) is 9.53 Å². The number of ether oxygens (including phenoxy) is 1. The van der Waals surface area contributed by atoms with Crippen LogP contribution in [0.25, 0.3) is 0 Å². The summed E-state index contributed by atoms with van der Waals surface area (Å²) in [7, 11) is 1.45. The minimum absolute atomic E-state index is 0.0554. The Morgan fingerprint density at radius 3 is 2.12 bits per heavy atom. The van der Waals surface area contributed by atoms with Crippen molar-refractivity contribution >= 4 is 12.0 Å². The van der Waals surface area contributed by atoms with E-state index in [0.29, 0.717) is 6.04 Å². The lowest BCUT2D eigenvalue weighted by Crippen LogP contribution is -2.57. The number of nitrogens with one attached hydrogen (secondary N) is 1. The van der Waals surface area contributed by atoms with Gasteiger partial charge in [-0.1, -0.05) is 0 Å². The molecule has 2 saturated heterocycles.